The molecule has 1 aromatic carbocycles. The van der Waals surface area contributed by atoms with Gasteiger partial charge in [0.2, 0.25) is 0 Å². The van der Waals surface area contributed by atoms with Crippen LogP contribution in [0.25, 0.3) is 0 Å². The molecule has 0 bridgehead atoms. The van der Waals surface area contributed by atoms with Crippen molar-refractivity contribution in [3.8, 4) is 18.1 Å². The lowest BCUT2D eigenvalue weighted by Gasteiger charge is -2.18. The van der Waals surface area contributed by atoms with Crippen LogP contribution in [0.5, 0.6) is 5.75 Å². The summed E-state index contributed by atoms with van der Waals surface area (Å²) in [7, 11) is 0. The average Bonchev–Trinajstić information content (AvgIpc) is 2.36. The number of carbonyl (C=O) groups is 1. The maximum absolute atomic E-state index is 11.7. The molecule has 1 N–H and O–H groups in total. The molecule has 0 aliphatic rings. The predicted molar refractivity (Wildman–Crippen MR) is 72.5 cm³/mol. The zero-order valence-corrected chi connectivity index (χ0v) is 11.1. The molecule has 0 fully saturated rings. The fraction of sp³-hybridized carbons (Fsp3) is 0.400. The Morgan fingerprint density at radius 3 is 2.67 bits per heavy atom. The molecule has 0 aromatic heterocycles. The van der Waals surface area contributed by atoms with Gasteiger partial charge in [-0.2, -0.15) is 0 Å². The van der Waals surface area contributed by atoms with Gasteiger partial charge in [0.05, 0.1) is 6.54 Å². The number of terminal acetylenes is 1. The van der Waals surface area contributed by atoms with E-state index in [1.165, 1.54) is 0 Å². The van der Waals surface area contributed by atoms with Crippen molar-refractivity contribution in [3.63, 3.8) is 0 Å². The fourth-order valence-corrected chi connectivity index (χ4v) is 1.59. The van der Waals surface area contributed by atoms with Gasteiger partial charge in [-0.3, -0.25) is 4.79 Å². The van der Waals surface area contributed by atoms with Crippen LogP contribution in [0.4, 0.5) is 0 Å². The Kier molecular flexibility index (Phi) is 5.26. The zero-order chi connectivity index (χ0) is 13.5. The number of carbonyl (C=O) groups excluding carboxylic acids is 1. The van der Waals surface area contributed by atoms with E-state index in [2.05, 4.69) is 25.1 Å². The fourth-order valence-electron chi connectivity index (χ4n) is 1.59. The van der Waals surface area contributed by atoms with E-state index < -0.39 is 6.10 Å². The highest BCUT2D eigenvalue weighted by Gasteiger charge is 2.16. The predicted octanol–water partition coefficient (Wildman–Crippen LogP) is 2.33. The number of hydrogen-bond acceptors (Lipinski definition) is 2. The Hall–Kier alpha value is -1.95. The summed E-state index contributed by atoms with van der Waals surface area (Å²) in [5.41, 5.74) is 1.09. The smallest absolute Gasteiger partial charge is 0.261 e. The summed E-state index contributed by atoms with van der Waals surface area (Å²) < 4.78 is 5.68. The van der Waals surface area contributed by atoms with Crippen LogP contribution in [0.2, 0.25) is 0 Å². The number of para-hydroxylation sites is 1. The van der Waals surface area contributed by atoms with E-state index in [4.69, 9.17) is 11.2 Å². The number of amides is 1. The number of hydrogen-bond donors (Lipinski definition) is 1. The molecule has 1 unspecified atom stereocenters. The molecule has 96 valence electrons. The summed E-state index contributed by atoms with van der Waals surface area (Å²) >= 11 is 0. The van der Waals surface area contributed by atoms with Crippen LogP contribution in [0, 0.1) is 12.3 Å². The first kappa shape index (κ1) is 14.1. The number of ether oxygens (including phenoxy) is 1. The summed E-state index contributed by atoms with van der Waals surface area (Å²) in [5, 5.41) is 2.60. The molecule has 0 saturated heterocycles. The monoisotopic (exact) mass is 245 g/mol. The minimum Gasteiger partial charge on any atom is -0.481 e. The molecule has 0 spiro atoms. The van der Waals surface area contributed by atoms with Crippen molar-refractivity contribution in [1.82, 2.24) is 5.32 Å². The topological polar surface area (TPSA) is 38.3 Å². The molecule has 1 amide bonds. The zero-order valence-electron chi connectivity index (χ0n) is 11.1. The van der Waals surface area contributed by atoms with Gasteiger partial charge >= 0.3 is 0 Å². The molecule has 3 nitrogen and oxygen atoms in total. The van der Waals surface area contributed by atoms with Gasteiger partial charge in [0, 0.05) is 0 Å². The Labute approximate surface area is 109 Å². The van der Waals surface area contributed by atoms with Crippen LogP contribution in [0.3, 0.4) is 0 Å². The number of nitrogens with one attached hydrogen (secondary N) is 1. The Morgan fingerprint density at radius 1 is 1.39 bits per heavy atom. The quantitative estimate of drug-likeness (QED) is 0.808. The lowest BCUT2D eigenvalue weighted by molar-refractivity contribution is -0.127. The highest BCUT2D eigenvalue weighted by atomic mass is 16.5. The van der Waals surface area contributed by atoms with Gasteiger partial charge in [0.25, 0.3) is 5.91 Å². The molecule has 18 heavy (non-hydrogen) atoms. The van der Waals surface area contributed by atoms with Crippen LogP contribution in [0.1, 0.15) is 32.3 Å². The molecule has 0 heterocycles. The maximum Gasteiger partial charge on any atom is 0.261 e. The standard InChI is InChI=1S/C15H19NO2/c1-5-10-16-15(17)12(4)18-14-9-7-6-8-13(14)11(2)3/h1,6-9,11-12H,10H2,2-4H3,(H,16,17). The van der Waals surface area contributed by atoms with Crippen LogP contribution in [-0.2, 0) is 4.79 Å². The third-order valence-electron chi connectivity index (χ3n) is 2.58. The largest absolute Gasteiger partial charge is 0.481 e. The SMILES string of the molecule is C#CCNC(=O)C(C)Oc1ccccc1C(C)C. The van der Waals surface area contributed by atoms with Crippen LogP contribution < -0.4 is 10.1 Å². The molecule has 0 saturated carbocycles. The second-order valence-corrected chi connectivity index (χ2v) is 4.37. The highest BCUT2D eigenvalue weighted by molar-refractivity contribution is 5.80. The van der Waals surface area contributed by atoms with Crippen molar-refractivity contribution in [1.29, 1.82) is 0 Å². The molecule has 3 heteroatoms. The van der Waals surface area contributed by atoms with Crippen molar-refractivity contribution in [2.45, 2.75) is 32.8 Å². The Morgan fingerprint density at radius 2 is 2.06 bits per heavy atom. The van der Waals surface area contributed by atoms with Gasteiger partial charge < -0.3 is 10.1 Å². The first-order valence-electron chi connectivity index (χ1n) is 6.03. The molecular formula is C15H19NO2. The molecular weight excluding hydrogens is 226 g/mol. The van der Waals surface area contributed by atoms with Gasteiger partial charge in [0.15, 0.2) is 6.10 Å². The third-order valence-corrected chi connectivity index (χ3v) is 2.58. The average molecular weight is 245 g/mol. The van der Waals surface area contributed by atoms with Crippen LogP contribution >= 0.6 is 0 Å². The number of rotatable bonds is 5. The molecule has 1 rings (SSSR count). The maximum atomic E-state index is 11.7. The third kappa shape index (κ3) is 3.81. The molecule has 1 atom stereocenters. The lowest BCUT2D eigenvalue weighted by Crippen LogP contribution is -2.36. The first-order valence-corrected chi connectivity index (χ1v) is 6.03. The Bertz CT molecular complexity index is 446. The lowest BCUT2D eigenvalue weighted by atomic mass is 10.0. The summed E-state index contributed by atoms with van der Waals surface area (Å²) in [6, 6.07) is 7.74. The molecule has 0 radical (unpaired) electrons. The van der Waals surface area contributed by atoms with Crippen molar-refractivity contribution in [2.75, 3.05) is 6.54 Å². The van der Waals surface area contributed by atoms with E-state index in [9.17, 15) is 4.79 Å². The first-order chi connectivity index (χ1) is 8.56. The van der Waals surface area contributed by atoms with E-state index in [0.717, 1.165) is 11.3 Å². The normalized spacial score (nSPS) is 11.7. The summed E-state index contributed by atoms with van der Waals surface area (Å²) in [4.78, 5) is 11.7. The van der Waals surface area contributed by atoms with Crippen molar-refractivity contribution < 1.29 is 9.53 Å². The van der Waals surface area contributed by atoms with E-state index >= 15 is 0 Å². The Balaban J connectivity index is 2.73. The van der Waals surface area contributed by atoms with Gasteiger partial charge in [-0.1, -0.05) is 38.0 Å². The van der Waals surface area contributed by atoms with E-state index in [0.29, 0.717) is 5.92 Å². The van der Waals surface area contributed by atoms with Gasteiger partial charge in [0.1, 0.15) is 5.75 Å². The second-order valence-electron chi connectivity index (χ2n) is 4.37. The minimum absolute atomic E-state index is 0.202. The van der Waals surface area contributed by atoms with Gasteiger partial charge in [-0.25, -0.2) is 0 Å². The summed E-state index contributed by atoms with van der Waals surface area (Å²) in [6.07, 6.45) is 4.53. The van der Waals surface area contributed by atoms with Crippen molar-refractivity contribution in [3.05, 3.63) is 29.8 Å². The van der Waals surface area contributed by atoms with Crippen LogP contribution in [0.15, 0.2) is 24.3 Å². The minimum atomic E-state index is -0.557. The van der Waals surface area contributed by atoms with Crippen molar-refractivity contribution >= 4 is 5.91 Å². The summed E-state index contributed by atoms with van der Waals surface area (Å²) in [6.45, 7) is 6.11. The van der Waals surface area contributed by atoms with Gasteiger partial charge in [-0.15, -0.1) is 6.42 Å². The molecule has 1 aromatic rings. The van der Waals surface area contributed by atoms with Crippen molar-refractivity contribution in [2.24, 2.45) is 0 Å². The van der Waals surface area contributed by atoms with Crippen LogP contribution in [-0.4, -0.2) is 18.6 Å². The molecule has 0 aliphatic heterocycles. The van der Waals surface area contributed by atoms with E-state index in [-0.39, 0.29) is 12.5 Å². The van der Waals surface area contributed by atoms with Gasteiger partial charge in [-0.05, 0) is 24.5 Å². The van der Waals surface area contributed by atoms with E-state index in [1.807, 2.05) is 24.3 Å². The highest BCUT2D eigenvalue weighted by Crippen LogP contribution is 2.26. The number of benzene rings is 1. The second kappa shape index (κ2) is 6.70. The molecule has 0 aliphatic carbocycles. The van der Waals surface area contributed by atoms with E-state index in [1.54, 1.807) is 6.92 Å². The summed E-state index contributed by atoms with van der Waals surface area (Å²) in [5.74, 6) is 3.25.